The van der Waals surface area contributed by atoms with Crippen molar-refractivity contribution in [1.82, 2.24) is 15.2 Å². The fourth-order valence-corrected chi connectivity index (χ4v) is 3.97. The molecule has 20 heavy (non-hydrogen) atoms. The van der Waals surface area contributed by atoms with E-state index in [0.717, 1.165) is 22.5 Å². The van der Waals surface area contributed by atoms with Crippen molar-refractivity contribution < 1.29 is 0 Å². The van der Waals surface area contributed by atoms with Gasteiger partial charge in [-0.2, -0.15) is 5.10 Å². The van der Waals surface area contributed by atoms with E-state index in [-0.39, 0.29) is 0 Å². The van der Waals surface area contributed by atoms with Crippen molar-refractivity contribution in [3.63, 3.8) is 0 Å². The van der Waals surface area contributed by atoms with Crippen LogP contribution in [0.4, 0.5) is 0 Å². The molecule has 5 heteroatoms. The highest BCUT2D eigenvalue weighted by molar-refractivity contribution is 9.10. The molecule has 114 valence electrons. The molecule has 1 aliphatic rings. The van der Waals surface area contributed by atoms with Crippen LogP contribution in [0, 0.1) is 18.8 Å². The van der Waals surface area contributed by atoms with Crippen LogP contribution < -0.4 is 11.3 Å². The summed E-state index contributed by atoms with van der Waals surface area (Å²) in [7, 11) is 2.01. The third-order valence-corrected chi connectivity index (χ3v) is 5.96. The molecule has 1 aromatic heterocycles. The number of hydrogen-bond acceptors (Lipinski definition) is 3. The Hall–Kier alpha value is -0.390. The van der Waals surface area contributed by atoms with Gasteiger partial charge in [0.1, 0.15) is 0 Å². The van der Waals surface area contributed by atoms with Crippen LogP contribution in [0.15, 0.2) is 4.47 Å². The zero-order chi connectivity index (χ0) is 14.7. The Morgan fingerprint density at radius 2 is 2.05 bits per heavy atom. The number of rotatable bonds is 5. The molecule has 1 heterocycles. The van der Waals surface area contributed by atoms with Gasteiger partial charge in [0.2, 0.25) is 0 Å². The van der Waals surface area contributed by atoms with Gasteiger partial charge < -0.3 is 0 Å². The predicted octanol–water partition coefficient (Wildman–Crippen LogP) is 3.08. The summed E-state index contributed by atoms with van der Waals surface area (Å²) < 4.78 is 3.10. The molecule has 4 nitrogen and oxygen atoms in total. The number of halogens is 1. The van der Waals surface area contributed by atoms with E-state index in [0.29, 0.717) is 12.0 Å². The second kappa shape index (κ2) is 7.05. The Kier molecular flexibility index (Phi) is 5.64. The second-order valence-corrected chi connectivity index (χ2v) is 6.93. The van der Waals surface area contributed by atoms with E-state index >= 15 is 0 Å². The smallest absolute Gasteiger partial charge is 0.0738 e. The minimum atomic E-state index is 0.346. The van der Waals surface area contributed by atoms with Crippen LogP contribution >= 0.6 is 15.9 Å². The molecule has 3 N–H and O–H groups in total. The topological polar surface area (TPSA) is 55.9 Å². The van der Waals surface area contributed by atoms with E-state index in [9.17, 15) is 0 Å². The van der Waals surface area contributed by atoms with Crippen LogP contribution in [-0.4, -0.2) is 15.8 Å². The molecular formula is C15H27BrN4. The zero-order valence-electron chi connectivity index (χ0n) is 12.8. The average Bonchev–Trinajstić information content (AvgIpc) is 2.70. The summed E-state index contributed by atoms with van der Waals surface area (Å²) in [6, 6.07) is 0.346. The summed E-state index contributed by atoms with van der Waals surface area (Å²) in [6.45, 7) is 4.34. The number of aromatic nitrogens is 2. The molecule has 0 radical (unpaired) electrons. The molecule has 1 aromatic rings. The van der Waals surface area contributed by atoms with Gasteiger partial charge in [0.25, 0.3) is 0 Å². The Morgan fingerprint density at radius 3 is 2.50 bits per heavy atom. The maximum absolute atomic E-state index is 5.83. The van der Waals surface area contributed by atoms with Gasteiger partial charge in [0, 0.05) is 19.5 Å². The molecule has 0 aliphatic heterocycles. The molecular weight excluding hydrogens is 316 g/mol. The Balaban J connectivity index is 2.02. The Bertz CT molecular complexity index is 435. The quantitative estimate of drug-likeness (QED) is 0.638. The zero-order valence-corrected chi connectivity index (χ0v) is 14.4. The number of nitrogens with two attached hydrogens (primary N) is 1. The van der Waals surface area contributed by atoms with E-state index < -0.39 is 0 Å². The van der Waals surface area contributed by atoms with Crippen molar-refractivity contribution in [3.8, 4) is 0 Å². The fourth-order valence-electron chi connectivity index (χ4n) is 3.47. The maximum Gasteiger partial charge on any atom is 0.0738 e. The highest BCUT2D eigenvalue weighted by Gasteiger charge is 2.28. The summed E-state index contributed by atoms with van der Waals surface area (Å²) >= 11 is 3.65. The molecule has 0 amide bonds. The van der Waals surface area contributed by atoms with Gasteiger partial charge in [-0.3, -0.25) is 16.0 Å². The standard InChI is InChI=1S/C15H27BrN4/c1-4-11-5-7-12(8-6-11)13(18-17)9-14-15(16)10(2)19-20(14)3/h11-13,18H,4-9,17H2,1-3H3. The lowest BCUT2D eigenvalue weighted by Crippen LogP contribution is -2.44. The third-order valence-electron chi connectivity index (χ3n) is 4.93. The number of hydrogen-bond donors (Lipinski definition) is 2. The van der Waals surface area contributed by atoms with E-state index in [2.05, 4.69) is 33.4 Å². The highest BCUT2D eigenvalue weighted by atomic mass is 79.9. The van der Waals surface area contributed by atoms with E-state index in [4.69, 9.17) is 5.84 Å². The van der Waals surface area contributed by atoms with Crippen LogP contribution in [0.25, 0.3) is 0 Å². The molecule has 1 saturated carbocycles. The van der Waals surface area contributed by atoms with E-state index in [1.165, 1.54) is 37.8 Å². The summed E-state index contributed by atoms with van der Waals surface area (Å²) in [5.74, 6) is 7.44. The first-order valence-electron chi connectivity index (χ1n) is 7.70. The van der Waals surface area contributed by atoms with Crippen LogP contribution in [0.3, 0.4) is 0 Å². The molecule has 0 aromatic carbocycles. The summed E-state index contributed by atoms with van der Waals surface area (Å²) in [5, 5.41) is 4.47. The first-order chi connectivity index (χ1) is 9.56. The van der Waals surface area contributed by atoms with Gasteiger partial charge in [0.05, 0.1) is 15.9 Å². The van der Waals surface area contributed by atoms with Crippen LogP contribution in [-0.2, 0) is 13.5 Å². The molecule has 1 aliphatic carbocycles. The van der Waals surface area contributed by atoms with Gasteiger partial charge in [-0.05, 0) is 47.5 Å². The van der Waals surface area contributed by atoms with Gasteiger partial charge in [-0.1, -0.05) is 26.2 Å². The average molecular weight is 343 g/mol. The first-order valence-corrected chi connectivity index (χ1v) is 8.50. The van der Waals surface area contributed by atoms with Crippen LogP contribution in [0.5, 0.6) is 0 Å². The van der Waals surface area contributed by atoms with Crippen LogP contribution in [0.1, 0.15) is 50.4 Å². The SMILES string of the molecule is CCC1CCC(C(Cc2c(Br)c(C)nn2C)NN)CC1. The van der Waals surface area contributed by atoms with Crippen molar-refractivity contribution in [2.24, 2.45) is 24.7 Å². The van der Waals surface area contributed by atoms with E-state index in [1.54, 1.807) is 0 Å². The van der Waals surface area contributed by atoms with Crippen molar-refractivity contribution in [1.29, 1.82) is 0 Å². The number of hydrazine groups is 1. The number of aryl methyl sites for hydroxylation is 2. The largest absolute Gasteiger partial charge is 0.271 e. The summed E-state index contributed by atoms with van der Waals surface area (Å²) in [5.41, 5.74) is 5.34. The van der Waals surface area contributed by atoms with Gasteiger partial charge in [0.15, 0.2) is 0 Å². The van der Waals surface area contributed by atoms with Gasteiger partial charge in [-0.15, -0.1) is 0 Å². The first kappa shape index (κ1) is 16.0. The monoisotopic (exact) mass is 342 g/mol. The van der Waals surface area contributed by atoms with Crippen LogP contribution in [0.2, 0.25) is 0 Å². The van der Waals surface area contributed by atoms with Crippen molar-refractivity contribution in [3.05, 3.63) is 15.9 Å². The Labute approximate surface area is 130 Å². The predicted molar refractivity (Wildman–Crippen MR) is 86.2 cm³/mol. The number of nitrogens with zero attached hydrogens (tertiary/aromatic N) is 2. The molecule has 1 atom stereocenters. The van der Waals surface area contributed by atoms with Crippen molar-refractivity contribution in [2.75, 3.05) is 0 Å². The summed E-state index contributed by atoms with van der Waals surface area (Å²) in [6.07, 6.45) is 7.55. The second-order valence-electron chi connectivity index (χ2n) is 6.14. The maximum atomic E-state index is 5.83. The summed E-state index contributed by atoms with van der Waals surface area (Å²) in [4.78, 5) is 0. The lowest BCUT2D eigenvalue weighted by Gasteiger charge is -2.33. The Morgan fingerprint density at radius 1 is 1.40 bits per heavy atom. The molecule has 2 rings (SSSR count). The highest BCUT2D eigenvalue weighted by Crippen LogP contribution is 2.34. The third kappa shape index (κ3) is 3.43. The fraction of sp³-hybridized carbons (Fsp3) is 0.800. The van der Waals surface area contributed by atoms with Gasteiger partial charge in [-0.25, -0.2) is 0 Å². The normalized spacial score (nSPS) is 24.9. The molecule has 1 unspecified atom stereocenters. The minimum Gasteiger partial charge on any atom is -0.271 e. The molecule has 0 saturated heterocycles. The van der Waals surface area contributed by atoms with Crippen molar-refractivity contribution in [2.45, 2.75) is 58.4 Å². The lowest BCUT2D eigenvalue weighted by molar-refractivity contribution is 0.215. The number of nitrogens with one attached hydrogen (secondary N) is 1. The van der Waals surface area contributed by atoms with Gasteiger partial charge >= 0.3 is 0 Å². The molecule has 0 bridgehead atoms. The van der Waals surface area contributed by atoms with Crippen molar-refractivity contribution >= 4 is 15.9 Å². The van der Waals surface area contributed by atoms with E-state index in [1.807, 2.05) is 18.7 Å². The lowest BCUT2D eigenvalue weighted by atomic mass is 9.77. The molecule has 1 fully saturated rings. The minimum absolute atomic E-state index is 0.346. The molecule has 0 spiro atoms.